The maximum atomic E-state index is 11.6. The van der Waals surface area contributed by atoms with Crippen LogP contribution in [0.3, 0.4) is 0 Å². The molecule has 14 heavy (non-hydrogen) atoms. The van der Waals surface area contributed by atoms with E-state index >= 15 is 0 Å². The van der Waals surface area contributed by atoms with Crippen LogP contribution in [-0.2, 0) is 9.53 Å². The van der Waals surface area contributed by atoms with Crippen molar-refractivity contribution in [3.05, 3.63) is 12.3 Å². The molecular weight excluding hydrogens is 184 g/mol. The van der Waals surface area contributed by atoms with E-state index in [0.29, 0.717) is 5.82 Å². The highest BCUT2D eigenvalue weighted by Gasteiger charge is 2.28. The minimum absolute atomic E-state index is 0.160. The number of rotatable bonds is 4. The standard InChI is InChI=1S/C8H14N4O2/c1-8(9,5-14-2)7(13)11-6-3-4-10-12-6/h3-4H,5,9H2,1-2H3,(H2,10,11,12,13). The van der Waals surface area contributed by atoms with Gasteiger partial charge in [0.2, 0.25) is 5.91 Å². The van der Waals surface area contributed by atoms with Crippen LogP contribution in [0.1, 0.15) is 6.92 Å². The van der Waals surface area contributed by atoms with Crippen LogP contribution in [-0.4, -0.2) is 35.4 Å². The minimum Gasteiger partial charge on any atom is -0.382 e. The Kier molecular flexibility index (Phi) is 3.21. The van der Waals surface area contributed by atoms with Crippen LogP contribution in [0, 0.1) is 0 Å². The second-order valence-corrected chi connectivity index (χ2v) is 3.27. The highest BCUT2D eigenvalue weighted by molar-refractivity contribution is 5.97. The van der Waals surface area contributed by atoms with E-state index in [9.17, 15) is 4.79 Å². The van der Waals surface area contributed by atoms with E-state index in [2.05, 4.69) is 15.5 Å². The summed E-state index contributed by atoms with van der Waals surface area (Å²) >= 11 is 0. The van der Waals surface area contributed by atoms with Gasteiger partial charge in [-0.3, -0.25) is 9.89 Å². The molecule has 0 saturated carbocycles. The smallest absolute Gasteiger partial charge is 0.247 e. The fourth-order valence-electron chi connectivity index (χ4n) is 0.956. The Hall–Kier alpha value is -1.40. The number of methoxy groups -OCH3 is 1. The second kappa shape index (κ2) is 4.21. The van der Waals surface area contributed by atoms with Crippen LogP contribution < -0.4 is 11.1 Å². The summed E-state index contributed by atoms with van der Waals surface area (Å²) in [6.45, 7) is 1.76. The van der Waals surface area contributed by atoms with Gasteiger partial charge in [-0.05, 0) is 6.92 Å². The summed E-state index contributed by atoms with van der Waals surface area (Å²) in [4.78, 5) is 11.6. The number of hydrogen-bond acceptors (Lipinski definition) is 4. The molecule has 0 spiro atoms. The lowest BCUT2D eigenvalue weighted by Crippen LogP contribution is -2.52. The van der Waals surface area contributed by atoms with E-state index in [1.165, 1.54) is 7.11 Å². The van der Waals surface area contributed by atoms with E-state index in [0.717, 1.165) is 0 Å². The monoisotopic (exact) mass is 198 g/mol. The van der Waals surface area contributed by atoms with E-state index < -0.39 is 5.54 Å². The summed E-state index contributed by atoms with van der Waals surface area (Å²) in [6, 6.07) is 1.64. The predicted molar refractivity (Wildman–Crippen MR) is 51.7 cm³/mol. The Balaban J connectivity index is 2.57. The van der Waals surface area contributed by atoms with Crippen LogP contribution in [0.15, 0.2) is 12.3 Å². The number of carbonyl (C=O) groups excluding carboxylic acids is 1. The number of ether oxygens (including phenoxy) is 1. The van der Waals surface area contributed by atoms with Crippen molar-refractivity contribution in [3.63, 3.8) is 0 Å². The maximum Gasteiger partial charge on any atom is 0.247 e. The summed E-state index contributed by atoms with van der Waals surface area (Å²) in [5.41, 5.74) is 4.67. The number of carbonyl (C=O) groups is 1. The van der Waals surface area contributed by atoms with Crippen LogP contribution in [0.4, 0.5) is 5.82 Å². The van der Waals surface area contributed by atoms with Crippen molar-refractivity contribution in [1.29, 1.82) is 0 Å². The summed E-state index contributed by atoms with van der Waals surface area (Å²) in [5, 5.41) is 8.88. The van der Waals surface area contributed by atoms with Gasteiger partial charge in [0.05, 0.1) is 12.8 Å². The number of anilines is 1. The van der Waals surface area contributed by atoms with Crippen LogP contribution >= 0.6 is 0 Å². The Bertz CT molecular complexity index is 294. The van der Waals surface area contributed by atoms with Gasteiger partial charge in [-0.2, -0.15) is 5.10 Å². The van der Waals surface area contributed by atoms with Gasteiger partial charge in [-0.1, -0.05) is 0 Å². The van der Waals surface area contributed by atoms with Crippen LogP contribution in [0.25, 0.3) is 0 Å². The van der Waals surface area contributed by atoms with Crippen molar-refractivity contribution < 1.29 is 9.53 Å². The molecule has 0 radical (unpaired) electrons. The van der Waals surface area contributed by atoms with Crippen molar-refractivity contribution in [1.82, 2.24) is 10.2 Å². The minimum atomic E-state index is -1.04. The molecule has 0 saturated heterocycles. The highest BCUT2D eigenvalue weighted by Crippen LogP contribution is 2.05. The van der Waals surface area contributed by atoms with Gasteiger partial charge in [0.15, 0.2) is 0 Å². The zero-order valence-corrected chi connectivity index (χ0v) is 8.20. The highest BCUT2D eigenvalue weighted by atomic mass is 16.5. The van der Waals surface area contributed by atoms with E-state index in [1.807, 2.05) is 0 Å². The first-order valence-electron chi connectivity index (χ1n) is 4.15. The molecular formula is C8H14N4O2. The molecule has 1 heterocycles. The third kappa shape index (κ3) is 2.54. The Morgan fingerprint density at radius 2 is 2.57 bits per heavy atom. The van der Waals surface area contributed by atoms with Crippen molar-refractivity contribution in [2.75, 3.05) is 19.0 Å². The second-order valence-electron chi connectivity index (χ2n) is 3.27. The van der Waals surface area contributed by atoms with E-state index in [4.69, 9.17) is 10.5 Å². The lowest BCUT2D eigenvalue weighted by molar-refractivity contribution is -0.122. The molecule has 1 aromatic heterocycles. The molecule has 1 unspecified atom stereocenters. The quantitative estimate of drug-likeness (QED) is 0.620. The molecule has 1 atom stereocenters. The number of H-pyrrole nitrogens is 1. The summed E-state index contributed by atoms with van der Waals surface area (Å²) in [7, 11) is 1.49. The first-order chi connectivity index (χ1) is 6.56. The number of amides is 1. The fraction of sp³-hybridized carbons (Fsp3) is 0.500. The third-order valence-electron chi connectivity index (χ3n) is 1.71. The number of aromatic nitrogens is 2. The number of nitrogens with one attached hydrogen (secondary N) is 2. The Morgan fingerprint density at radius 1 is 1.86 bits per heavy atom. The van der Waals surface area contributed by atoms with Crippen molar-refractivity contribution >= 4 is 11.7 Å². The van der Waals surface area contributed by atoms with Crippen molar-refractivity contribution in [2.45, 2.75) is 12.5 Å². The first-order valence-corrected chi connectivity index (χ1v) is 4.15. The molecule has 0 aliphatic carbocycles. The Morgan fingerprint density at radius 3 is 3.07 bits per heavy atom. The number of hydrogen-bond donors (Lipinski definition) is 3. The molecule has 1 aromatic rings. The molecule has 1 rings (SSSR count). The number of nitrogens with two attached hydrogens (primary N) is 1. The van der Waals surface area contributed by atoms with E-state index in [-0.39, 0.29) is 12.5 Å². The lowest BCUT2D eigenvalue weighted by Gasteiger charge is -2.21. The molecule has 0 aliphatic heterocycles. The molecule has 78 valence electrons. The zero-order valence-electron chi connectivity index (χ0n) is 8.20. The summed E-state index contributed by atoms with van der Waals surface area (Å²) in [6.07, 6.45) is 1.54. The van der Waals surface area contributed by atoms with Gasteiger partial charge in [0.1, 0.15) is 11.4 Å². The number of nitrogens with zero attached hydrogens (tertiary/aromatic N) is 1. The largest absolute Gasteiger partial charge is 0.382 e. The van der Waals surface area contributed by atoms with Gasteiger partial charge in [0, 0.05) is 13.2 Å². The topological polar surface area (TPSA) is 93.0 Å². The van der Waals surface area contributed by atoms with Gasteiger partial charge in [-0.25, -0.2) is 0 Å². The fourth-order valence-corrected chi connectivity index (χ4v) is 0.956. The first kappa shape index (κ1) is 10.7. The molecule has 0 aromatic carbocycles. The summed E-state index contributed by atoms with van der Waals surface area (Å²) < 4.78 is 4.84. The molecule has 0 bridgehead atoms. The van der Waals surface area contributed by atoms with Gasteiger partial charge < -0.3 is 15.8 Å². The van der Waals surface area contributed by atoms with Crippen molar-refractivity contribution in [3.8, 4) is 0 Å². The van der Waals surface area contributed by atoms with E-state index in [1.54, 1.807) is 19.2 Å². The van der Waals surface area contributed by atoms with Crippen LogP contribution in [0.2, 0.25) is 0 Å². The van der Waals surface area contributed by atoms with Gasteiger partial charge in [0.25, 0.3) is 0 Å². The average Bonchev–Trinajstić information content (AvgIpc) is 2.56. The van der Waals surface area contributed by atoms with Crippen molar-refractivity contribution in [2.24, 2.45) is 5.73 Å². The normalized spacial score (nSPS) is 14.8. The lowest BCUT2D eigenvalue weighted by atomic mass is 10.1. The Labute approximate surface area is 81.8 Å². The molecule has 6 heteroatoms. The van der Waals surface area contributed by atoms with Crippen LogP contribution in [0.5, 0.6) is 0 Å². The zero-order chi connectivity index (χ0) is 10.6. The molecule has 1 amide bonds. The molecule has 4 N–H and O–H groups in total. The third-order valence-corrected chi connectivity index (χ3v) is 1.71. The van der Waals surface area contributed by atoms with Gasteiger partial charge in [-0.15, -0.1) is 0 Å². The molecule has 6 nitrogen and oxygen atoms in total. The summed E-state index contributed by atoms with van der Waals surface area (Å²) in [5.74, 6) is 0.200. The predicted octanol–water partition coefficient (Wildman–Crippen LogP) is -0.288. The average molecular weight is 198 g/mol. The maximum absolute atomic E-state index is 11.6. The number of aromatic amines is 1. The van der Waals surface area contributed by atoms with Gasteiger partial charge >= 0.3 is 0 Å². The SMILES string of the molecule is COCC(C)(N)C(=O)Nc1ccn[nH]1. The molecule has 0 aliphatic rings. The molecule has 0 fully saturated rings.